The van der Waals surface area contributed by atoms with Crippen molar-refractivity contribution in [3.8, 4) is 0 Å². The van der Waals surface area contributed by atoms with Crippen LogP contribution in [0.25, 0.3) is 0 Å². The van der Waals surface area contributed by atoms with E-state index in [9.17, 15) is 4.21 Å². The van der Waals surface area contributed by atoms with Gasteiger partial charge in [-0.3, -0.25) is 13.9 Å². The summed E-state index contributed by atoms with van der Waals surface area (Å²) in [5.74, 6) is 1.94. The minimum Gasteiger partial charge on any atom is -0.356 e. The molecule has 130 valence electrons. The fourth-order valence-corrected chi connectivity index (χ4v) is 3.26. The van der Waals surface area contributed by atoms with Crippen LogP contribution >= 0.6 is 0 Å². The zero-order chi connectivity index (χ0) is 17.0. The highest BCUT2D eigenvalue weighted by atomic mass is 32.2. The molecule has 0 saturated carbocycles. The topological polar surface area (TPSA) is 71.3 Å². The van der Waals surface area contributed by atoms with E-state index in [0.29, 0.717) is 18.1 Å². The van der Waals surface area contributed by atoms with Crippen molar-refractivity contribution in [2.75, 3.05) is 25.9 Å². The molecule has 1 atom stereocenters. The zero-order valence-electron chi connectivity index (χ0n) is 14.0. The van der Waals surface area contributed by atoms with E-state index >= 15 is 0 Å². The van der Waals surface area contributed by atoms with Gasteiger partial charge >= 0.3 is 0 Å². The van der Waals surface area contributed by atoms with Crippen molar-refractivity contribution in [2.24, 2.45) is 4.99 Å². The van der Waals surface area contributed by atoms with Crippen molar-refractivity contribution in [2.45, 2.75) is 18.7 Å². The monoisotopic (exact) mass is 347 g/mol. The lowest BCUT2D eigenvalue weighted by molar-refractivity contribution is 0.570. The number of hydrogen-bond acceptors (Lipinski definition) is 3. The van der Waals surface area contributed by atoms with Crippen LogP contribution in [0.3, 0.4) is 0 Å². The standard InChI is InChI=1S/C17H25N5OS/c1-18-17(19-9-5-12-22-13-6-10-21-22)20-11-14-24(23)15-16-7-3-2-4-8-16/h2-4,6-8,10,13H,5,9,11-12,14-15H2,1H3,(H2,18,19,20). The quantitative estimate of drug-likeness (QED) is 0.408. The Morgan fingerprint density at radius 3 is 2.71 bits per heavy atom. The number of hydrogen-bond donors (Lipinski definition) is 2. The van der Waals surface area contributed by atoms with Gasteiger partial charge in [0.1, 0.15) is 0 Å². The van der Waals surface area contributed by atoms with E-state index in [-0.39, 0.29) is 0 Å². The molecule has 1 aromatic heterocycles. The van der Waals surface area contributed by atoms with Gasteiger partial charge in [0.05, 0.1) is 0 Å². The lowest BCUT2D eigenvalue weighted by Gasteiger charge is -2.11. The highest BCUT2D eigenvalue weighted by molar-refractivity contribution is 7.84. The van der Waals surface area contributed by atoms with Crippen molar-refractivity contribution in [3.05, 3.63) is 54.4 Å². The van der Waals surface area contributed by atoms with Crippen LogP contribution in [0.5, 0.6) is 0 Å². The van der Waals surface area contributed by atoms with Gasteiger partial charge in [0.2, 0.25) is 0 Å². The van der Waals surface area contributed by atoms with Gasteiger partial charge < -0.3 is 10.6 Å². The summed E-state index contributed by atoms with van der Waals surface area (Å²) in [6, 6.07) is 11.8. The maximum Gasteiger partial charge on any atom is 0.191 e. The van der Waals surface area contributed by atoms with Crippen molar-refractivity contribution in [1.82, 2.24) is 20.4 Å². The first kappa shape index (κ1) is 18.2. The van der Waals surface area contributed by atoms with Crippen LogP contribution in [0.15, 0.2) is 53.8 Å². The molecule has 0 aliphatic rings. The summed E-state index contributed by atoms with van der Waals surface area (Å²) in [7, 11) is 0.866. The summed E-state index contributed by atoms with van der Waals surface area (Å²) in [6.45, 7) is 2.32. The molecule has 24 heavy (non-hydrogen) atoms. The third kappa shape index (κ3) is 6.95. The van der Waals surface area contributed by atoms with Gasteiger partial charge in [-0.05, 0) is 18.1 Å². The fraction of sp³-hybridized carbons (Fsp3) is 0.412. The molecule has 0 aliphatic heterocycles. The summed E-state index contributed by atoms with van der Waals surface area (Å²) < 4.78 is 14.0. The zero-order valence-corrected chi connectivity index (χ0v) is 14.8. The van der Waals surface area contributed by atoms with E-state index in [2.05, 4.69) is 20.7 Å². The smallest absolute Gasteiger partial charge is 0.191 e. The molecular formula is C17H25N5OS. The Balaban J connectivity index is 1.58. The van der Waals surface area contributed by atoms with Crippen molar-refractivity contribution in [1.29, 1.82) is 0 Å². The minimum absolute atomic E-state index is 0.596. The van der Waals surface area contributed by atoms with E-state index in [4.69, 9.17) is 0 Å². The van der Waals surface area contributed by atoms with Crippen molar-refractivity contribution >= 4 is 16.8 Å². The van der Waals surface area contributed by atoms with Gasteiger partial charge in [0, 0.05) is 61.4 Å². The maximum absolute atomic E-state index is 12.1. The first-order valence-corrected chi connectivity index (χ1v) is 9.57. The van der Waals surface area contributed by atoms with E-state index in [1.165, 1.54) is 0 Å². The molecule has 0 saturated heterocycles. The number of aryl methyl sites for hydroxylation is 1. The van der Waals surface area contributed by atoms with Gasteiger partial charge in [-0.25, -0.2) is 0 Å². The van der Waals surface area contributed by atoms with E-state index in [0.717, 1.165) is 31.0 Å². The summed E-state index contributed by atoms with van der Waals surface area (Å²) in [5.41, 5.74) is 1.11. The number of nitrogens with one attached hydrogen (secondary N) is 2. The average Bonchev–Trinajstić information content (AvgIpc) is 3.11. The second-order valence-electron chi connectivity index (χ2n) is 5.32. The van der Waals surface area contributed by atoms with Crippen LogP contribution in [0.2, 0.25) is 0 Å². The third-order valence-corrected chi connectivity index (χ3v) is 4.75. The first-order valence-electron chi connectivity index (χ1n) is 8.09. The molecule has 6 nitrogen and oxygen atoms in total. The second kappa shape index (κ2) is 10.6. The molecule has 0 fully saturated rings. The average molecular weight is 347 g/mol. The summed E-state index contributed by atoms with van der Waals surface area (Å²) in [4.78, 5) is 4.18. The number of aromatic nitrogens is 2. The highest BCUT2D eigenvalue weighted by Crippen LogP contribution is 2.02. The first-order chi connectivity index (χ1) is 11.8. The highest BCUT2D eigenvalue weighted by Gasteiger charge is 2.03. The van der Waals surface area contributed by atoms with Gasteiger partial charge in [-0.2, -0.15) is 5.10 Å². The summed E-state index contributed by atoms with van der Waals surface area (Å²) in [6.07, 6.45) is 4.70. The summed E-state index contributed by atoms with van der Waals surface area (Å²) in [5, 5.41) is 10.6. The van der Waals surface area contributed by atoms with Crippen molar-refractivity contribution in [3.63, 3.8) is 0 Å². The van der Waals surface area contributed by atoms with Crippen LogP contribution in [0, 0.1) is 0 Å². The Kier molecular flexibility index (Phi) is 8.03. The van der Waals surface area contributed by atoms with Crippen LogP contribution in [0.4, 0.5) is 0 Å². The Bertz CT molecular complexity index is 628. The molecule has 0 spiro atoms. The molecule has 0 amide bonds. The maximum atomic E-state index is 12.1. The largest absolute Gasteiger partial charge is 0.356 e. The number of rotatable bonds is 9. The molecule has 0 bridgehead atoms. The fourth-order valence-electron chi connectivity index (χ4n) is 2.22. The molecule has 1 unspecified atom stereocenters. The Hall–Kier alpha value is -2.15. The van der Waals surface area contributed by atoms with Gasteiger partial charge in [0.25, 0.3) is 0 Å². The predicted octanol–water partition coefficient (Wildman–Crippen LogP) is 1.39. The molecule has 0 aliphatic carbocycles. The van der Waals surface area contributed by atoms with Gasteiger partial charge in [0.15, 0.2) is 5.96 Å². The van der Waals surface area contributed by atoms with Crippen LogP contribution in [-0.2, 0) is 23.1 Å². The number of guanidine groups is 1. The molecule has 1 heterocycles. The Morgan fingerprint density at radius 1 is 1.21 bits per heavy atom. The second-order valence-corrected chi connectivity index (χ2v) is 6.90. The van der Waals surface area contributed by atoms with Gasteiger partial charge in [-0.15, -0.1) is 0 Å². The normalized spacial score (nSPS) is 12.8. The molecule has 1 aromatic carbocycles. The Labute approximate surface area is 145 Å². The molecule has 2 aromatic rings. The van der Waals surface area contributed by atoms with E-state index < -0.39 is 10.8 Å². The van der Waals surface area contributed by atoms with Crippen LogP contribution < -0.4 is 10.6 Å². The SMILES string of the molecule is CN=C(NCCCn1cccn1)NCCS(=O)Cc1ccccc1. The van der Waals surface area contributed by atoms with E-state index in [1.807, 2.05) is 47.3 Å². The number of aliphatic imine (C=N–C) groups is 1. The number of benzene rings is 1. The van der Waals surface area contributed by atoms with Gasteiger partial charge in [-0.1, -0.05) is 30.3 Å². The van der Waals surface area contributed by atoms with E-state index in [1.54, 1.807) is 13.2 Å². The molecule has 0 radical (unpaired) electrons. The third-order valence-electron chi connectivity index (χ3n) is 3.43. The lowest BCUT2D eigenvalue weighted by Crippen LogP contribution is -2.39. The van der Waals surface area contributed by atoms with Crippen LogP contribution in [-0.4, -0.2) is 45.8 Å². The molecule has 2 rings (SSSR count). The minimum atomic E-state index is -0.874. The lowest BCUT2D eigenvalue weighted by atomic mass is 10.2. The predicted molar refractivity (Wildman–Crippen MR) is 99.4 cm³/mol. The van der Waals surface area contributed by atoms with Crippen LogP contribution in [0.1, 0.15) is 12.0 Å². The molecule has 2 N–H and O–H groups in total. The summed E-state index contributed by atoms with van der Waals surface area (Å²) >= 11 is 0. The van der Waals surface area contributed by atoms with Crippen molar-refractivity contribution < 1.29 is 4.21 Å². The molecule has 7 heteroatoms. The Morgan fingerprint density at radius 2 is 2.00 bits per heavy atom. The number of nitrogens with zero attached hydrogens (tertiary/aromatic N) is 3. The molecular weight excluding hydrogens is 322 g/mol.